The van der Waals surface area contributed by atoms with E-state index in [4.69, 9.17) is 4.74 Å². The first-order valence-corrected chi connectivity index (χ1v) is 8.34. The van der Waals surface area contributed by atoms with Crippen LogP contribution in [0.4, 0.5) is 5.69 Å². The number of aromatic carboxylic acids is 1. The summed E-state index contributed by atoms with van der Waals surface area (Å²) in [6.07, 6.45) is 2.91. The van der Waals surface area contributed by atoms with Crippen LogP contribution in [0.3, 0.4) is 0 Å². The lowest BCUT2D eigenvalue weighted by atomic mass is 10.1. The summed E-state index contributed by atoms with van der Waals surface area (Å²) in [4.78, 5) is 23.3. The predicted octanol–water partition coefficient (Wildman–Crippen LogP) is 4.57. The first-order chi connectivity index (χ1) is 11.4. The number of carbonyl (C=O) groups is 2. The van der Waals surface area contributed by atoms with E-state index < -0.39 is 11.9 Å². The van der Waals surface area contributed by atoms with Gasteiger partial charge in [0.2, 0.25) is 5.91 Å². The minimum Gasteiger partial charge on any atom is -0.496 e. The van der Waals surface area contributed by atoms with Crippen molar-refractivity contribution in [3.05, 3.63) is 62.5 Å². The maximum Gasteiger partial charge on any atom is 0.337 e. The summed E-state index contributed by atoms with van der Waals surface area (Å²) in [5, 5.41) is 11.8. The van der Waals surface area contributed by atoms with Crippen LogP contribution < -0.4 is 10.1 Å². The molecule has 7 heteroatoms. The third kappa shape index (κ3) is 4.69. The molecule has 0 atom stereocenters. The number of methoxy groups -OCH3 is 1. The van der Waals surface area contributed by atoms with Crippen LogP contribution in [0.15, 0.2) is 51.4 Å². The molecule has 0 bridgehead atoms. The maximum absolute atomic E-state index is 12.1. The average molecular weight is 455 g/mol. The molecule has 2 N–H and O–H groups in total. The normalized spacial score (nSPS) is 10.6. The van der Waals surface area contributed by atoms with Gasteiger partial charge in [-0.2, -0.15) is 0 Å². The standard InChI is InChI=1S/C17H13Br2NO4/c1-24-15-6-4-11(18)8-10(15)2-7-16(21)20-14-5-3-12(19)9-13(14)17(22)23/h2-9H,1H3,(H,20,21)(H,22,23). The highest BCUT2D eigenvalue weighted by Crippen LogP contribution is 2.24. The van der Waals surface area contributed by atoms with Gasteiger partial charge in [-0.1, -0.05) is 31.9 Å². The quantitative estimate of drug-likeness (QED) is 0.649. The Morgan fingerprint density at radius 2 is 1.79 bits per heavy atom. The van der Waals surface area contributed by atoms with Gasteiger partial charge in [-0.25, -0.2) is 4.79 Å². The Hall–Kier alpha value is -2.12. The molecule has 1 amide bonds. The zero-order valence-electron chi connectivity index (χ0n) is 12.5. The molecule has 2 rings (SSSR count). The molecule has 24 heavy (non-hydrogen) atoms. The van der Waals surface area contributed by atoms with Gasteiger partial charge in [0.15, 0.2) is 0 Å². The molecule has 0 radical (unpaired) electrons. The van der Waals surface area contributed by atoms with Crippen molar-refractivity contribution in [2.45, 2.75) is 0 Å². The number of halogens is 2. The van der Waals surface area contributed by atoms with Crippen LogP contribution in [-0.4, -0.2) is 24.1 Å². The largest absolute Gasteiger partial charge is 0.496 e. The third-order valence-electron chi connectivity index (χ3n) is 3.08. The van der Waals surface area contributed by atoms with E-state index in [9.17, 15) is 14.7 Å². The average Bonchev–Trinajstić information content (AvgIpc) is 2.54. The van der Waals surface area contributed by atoms with Crippen molar-refractivity contribution in [3.63, 3.8) is 0 Å². The third-order valence-corrected chi connectivity index (χ3v) is 4.06. The summed E-state index contributed by atoms with van der Waals surface area (Å²) in [6, 6.07) is 10.0. The Morgan fingerprint density at radius 1 is 1.12 bits per heavy atom. The highest BCUT2D eigenvalue weighted by molar-refractivity contribution is 9.10. The SMILES string of the molecule is COc1ccc(Br)cc1C=CC(=O)Nc1ccc(Br)cc1C(=O)O. The molecule has 0 aliphatic carbocycles. The van der Waals surface area contributed by atoms with Crippen LogP contribution in [0.2, 0.25) is 0 Å². The molecule has 0 saturated carbocycles. The van der Waals surface area contributed by atoms with Gasteiger partial charge in [0, 0.05) is 20.6 Å². The van der Waals surface area contributed by atoms with Gasteiger partial charge in [0.25, 0.3) is 0 Å². The van der Waals surface area contributed by atoms with Crippen molar-refractivity contribution in [1.29, 1.82) is 0 Å². The van der Waals surface area contributed by atoms with Crippen LogP contribution >= 0.6 is 31.9 Å². The maximum atomic E-state index is 12.1. The van der Waals surface area contributed by atoms with Crippen molar-refractivity contribution in [1.82, 2.24) is 0 Å². The molecular formula is C17H13Br2NO4. The van der Waals surface area contributed by atoms with Gasteiger partial charge in [0.05, 0.1) is 18.4 Å². The fraction of sp³-hybridized carbons (Fsp3) is 0.0588. The van der Waals surface area contributed by atoms with Crippen molar-refractivity contribution >= 4 is 55.5 Å². The predicted molar refractivity (Wildman–Crippen MR) is 99.5 cm³/mol. The molecule has 0 spiro atoms. The van der Waals surface area contributed by atoms with Gasteiger partial charge in [-0.3, -0.25) is 4.79 Å². The summed E-state index contributed by atoms with van der Waals surface area (Å²) >= 11 is 6.57. The minimum atomic E-state index is -1.12. The van der Waals surface area contributed by atoms with Crippen LogP contribution in [0.25, 0.3) is 6.08 Å². The zero-order chi connectivity index (χ0) is 17.7. The topological polar surface area (TPSA) is 75.6 Å². The first kappa shape index (κ1) is 18.2. The van der Waals surface area contributed by atoms with Gasteiger partial charge in [0.1, 0.15) is 5.75 Å². The molecule has 0 aliphatic rings. The van der Waals surface area contributed by atoms with Gasteiger partial charge < -0.3 is 15.2 Å². The fourth-order valence-corrected chi connectivity index (χ4v) is 2.72. The Labute approximate surface area is 155 Å². The van der Waals surface area contributed by atoms with Crippen LogP contribution in [-0.2, 0) is 4.79 Å². The molecule has 0 saturated heterocycles. The Kier molecular flexibility index (Phi) is 6.16. The van der Waals surface area contributed by atoms with Gasteiger partial charge >= 0.3 is 5.97 Å². The lowest BCUT2D eigenvalue weighted by Gasteiger charge is -2.07. The van der Waals surface area contributed by atoms with Crippen LogP contribution in [0.1, 0.15) is 15.9 Å². The number of ether oxygens (including phenoxy) is 1. The number of rotatable bonds is 5. The van der Waals surface area contributed by atoms with Crippen molar-refractivity contribution in [2.24, 2.45) is 0 Å². The van der Waals surface area contributed by atoms with Gasteiger partial charge in [-0.05, 0) is 42.5 Å². The van der Waals surface area contributed by atoms with E-state index >= 15 is 0 Å². The molecule has 5 nitrogen and oxygen atoms in total. The number of hydrogen-bond acceptors (Lipinski definition) is 3. The smallest absolute Gasteiger partial charge is 0.337 e. The summed E-state index contributed by atoms with van der Waals surface area (Å²) in [5.74, 6) is -0.941. The van der Waals surface area contributed by atoms with E-state index in [0.29, 0.717) is 10.2 Å². The molecular weight excluding hydrogens is 442 g/mol. The lowest BCUT2D eigenvalue weighted by molar-refractivity contribution is -0.111. The van der Waals surface area contributed by atoms with E-state index in [1.807, 2.05) is 12.1 Å². The number of nitrogens with one attached hydrogen (secondary N) is 1. The van der Waals surface area contributed by atoms with E-state index in [1.165, 1.54) is 18.2 Å². The number of anilines is 1. The monoisotopic (exact) mass is 453 g/mol. The van der Waals surface area contributed by atoms with E-state index in [-0.39, 0.29) is 11.3 Å². The molecule has 124 valence electrons. The highest BCUT2D eigenvalue weighted by atomic mass is 79.9. The Balaban J connectivity index is 2.20. The van der Waals surface area contributed by atoms with Crippen LogP contribution in [0, 0.1) is 0 Å². The molecule has 2 aromatic rings. The fourth-order valence-electron chi connectivity index (χ4n) is 1.98. The number of carboxylic acid groups (broad SMARTS) is 1. The first-order valence-electron chi connectivity index (χ1n) is 6.76. The van der Waals surface area contributed by atoms with Crippen LogP contribution in [0.5, 0.6) is 5.75 Å². The van der Waals surface area contributed by atoms with Crippen molar-refractivity contribution in [3.8, 4) is 5.75 Å². The highest BCUT2D eigenvalue weighted by Gasteiger charge is 2.12. The molecule has 0 fully saturated rings. The second-order valence-electron chi connectivity index (χ2n) is 4.70. The second-order valence-corrected chi connectivity index (χ2v) is 6.54. The van der Waals surface area contributed by atoms with E-state index in [2.05, 4.69) is 37.2 Å². The molecule has 0 heterocycles. The van der Waals surface area contributed by atoms with E-state index in [1.54, 1.807) is 25.3 Å². The second kappa shape index (κ2) is 8.12. The Morgan fingerprint density at radius 3 is 2.46 bits per heavy atom. The van der Waals surface area contributed by atoms with E-state index in [0.717, 1.165) is 10.0 Å². The summed E-state index contributed by atoms with van der Waals surface area (Å²) in [6.45, 7) is 0. The molecule has 0 aliphatic heterocycles. The number of hydrogen-bond donors (Lipinski definition) is 2. The molecule has 0 unspecified atom stereocenters. The van der Waals surface area contributed by atoms with Crippen molar-refractivity contribution < 1.29 is 19.4 Å². The zero-order valence-corrected chi connectivity index (χ0v) is 15.7. The number of carbonyl (C=O) groups excluding carboxylic acids is 1. The Bertz CT molecular complexity index is 818. The number of benzene rings is 2. The lowest BCUT2D eigenvalue weighted by Crippen LogP contribution is -2.12. The molecule has 2 aromatic carbocycles. The summed E-state index contributed by atoms with van der Waals surface area (Å²) in [5.41, 5.74) is 0.948. The minimum absolute atomic E-state index is 0.00570. The number of amides is 1. The molecule has 0 aromatic heterocycles. The van der Waals surface area contributed by atoms with Crippen molar-refractivity contribution in [2.75, 3.05) is 12.4 Å². The summed E-state index contributed by atoms with van der Waals surface area (Å²) in [7, 11) is 1.54. The van der Waals surface area contributed by atoms with Gasteiger partial charge in [-0.15, -0.1) is 0 Å². The number of carboxylic acids is 1. The summed E-state index contributed by atoms with van der Waals surface area (Å²) < 4.78 is 6.70.